The van der Waals surface area contributed by atoms with Gasteiger partial charge in [-0.2, -0.15) is 4.99 Å². The predicted molar refractivity (Wildman–Crippen MR) is 78.2 cm³/mol. The molecule has 5 nitrogen and oxygen atoms in total. The maximum Gasteiger partial charge on any atom is 0.221 e. The molecule has 0 aliphatic rings. The molecule has 18 heavy (non-hydrogen) atoms. The Bertz CT molecular complexity index is 387. The van der Waals surface area contributed by atoms with Crippen LogP contribution in [0.2, 0.25) is 0 Å². The smallest absolute Gasteiger partial charge is 0.221 e. The zero-order valence-corrected chi connectivity index (χ0v) is 11.3. The minimum Gasteiger partial charge on any atom is -0.370 e. The third kappa shape index (κ3) is 5.54. The molecule has 1 rings (SSSR count). The minimum atomic E-state index is -0.0758. The van der Waals surface area contributed by atoms with E-state index in [1.807, 2.05) is 30.0 Å². The van der Waals surface area contributed by atoms with Crippen LogP contribution in [0.4, 0.5) is 0 Å². The van der Waals surface area contributed by atoms with Crippen LogP contribution in [0.3, 0.4) is 0 Å². The van der Waals surface area contributed by atoms with Crippen molar-refractivity contribution in [3.8, 4) is 0 Å². The van der Waals surface area contributed by atoms with Crippen molar-refractivity contribution in [1.82, 2.24) is 4.90 Å². The lowest BCUT2D eigenvalue weighted by molar-refractivity contribution is 0.437. The van der Waals surface area contributed by atoms with Crippen LogP contribution in [-0.2, 0) is 6.42 Å². The molecule has 1 aromatic carbocycles. The van der Waals surface area contributed by atoms with E-state index in [4.69, 9.17) is 16.9 Å². The molecule has 0 saturated carbocycles. The number of halogens is 1. The molecule has 0 amide bonds. The van der Waals surface area contributed by atoms with E-state index in [1.54, 1.807) is 0 Å². The number of hydrogen-bond acceptors (Lipinski definition) is 1. The van der Waals surface area contributed by atoms with Gasteiger partial charge in [0.1, 0.15) is 0 Å². The number of rotatable bonds is 4. The van der Waals surface area contributed by atoms with Crippen LogP contribution < -0.4 is 11.5 Å². The van der Waals surface area contributed by atoms with E-state index in [-0.39, 0.29) is 24.3 Å². The van der Waals surface area contributed by atoms with Crippen LogP contribution in [0, 0.1) is 5.41 Å². The number of likely N-dealkylation sites (N-methyl/N-ethyl adjacent to an activating group) is 1. The largest absolute Gasteiger partial charge is 0.370 e. The van der Waals surface area contributed by atoms with Gasteiger partial charge in [-0.1, -0.05) is 30.3 Å². The van der Waals surface area contributed by atoms with E-state index >= 15 is 0 Å². The van der Waals surface area contributed by atoms with Crippen molar-refractivity contribution >= 4 is 24.3 Å². The average Bonchev–Trinajstić information content (AvgIpc) is 2.30. The van der Waals surface area contributed by atoms with Gasteiger partial charge in [0.15, 0.2) is 5.96 Å². The van der Waals surface area contributed by atoms with E-state index < -0.39 is 0 Å². The van der Waals surface area contributed by atoms with E-state index in [2.05, 4.69) is 17.1 Å². The summed E-state index contributed by atoms with van der Waals surface area (Å²) < 4.78 is 0. The van der Waals surface area contributed by atoms with Gasteiger partial charge in [0.25, 0.3) is 0 Å². The zero-order valence-electron chi connectivity index (χ0n) is 10.5. The van der Waals surface area contributed by atoms with Gasteiger partial charge < -0.3 is 16.4 Å². The molecule has 100 valence electrons. The molecular weight excluding hydrogens is 250 g/mol. The maximum atomic E-state index is 7.72. The molecule has 0 spiro atoms. The first kappa shape index (κ1) is 16.2. The van der Waals surface area contributed by atoms with Crippen molar-refractivity contribution in [1.29, 1.82) is 5.41 Å². The molecule has 0 bridgehead atoms. The third-order valence-corrected chi connectivity index (χ3v) is 2.43. The highest BCUT2D eigenvalue weighted by Gasteiger charge is 2.06. The Hall–Kier alpha value is -1.75. The molecule has 0 heterocycles. The molecule has 0 fully saturated rings. The first-order valence-electron chi connectivity index (χ1n) is 5.60. The van der Waals surface area contributed by atoms with Crippen molar-refractivity contribution in [3.05, 3.63) is 35.9 Å². The summed E-state index contributed by atoms with van der Waals surface area (Å²) >= 11 is 0. The van der Waals surface area contributed by atoms with Gasteiger partial charge in [0, 0.05) is 13.1 Å². The molecule has 0 aliphatic heterocycles. The molecule has 1 aromatic rings. The summed E-state index contributed by atoms with van der Waals surface area (Å²) in [6.45, 7) is 3.42. The van der Waals surface area contributed by atoms with Crippen molar-refractivity contribution in [2.45, 2.75) is 13.3 Å². The Balaban J connectivity index is 0.00000289. The number of hydrogen-bond donors (Lipinski definition) is 3. The third-order valence-electron chi connectivity index (χ3n) is 2.43. The first-order valence-corrected chi connectivity index (χ1v) is 5.60. The Kier molecular flexibility index (Phi) is 7.54. The van der Waals surface area contributed by atoms with Crippen molar-refractivity contribution in [2.75, 3.05) is 13.1 Å². The van der Waals surface area contributed by atoms with Crippen LogP contribution in [0.1, 0.15) is 12.5 Å². The van der Waals surface area contributed by atoms with Gasteiger partial charge in [-0.05, 0) is 18.9 Å². The quantitative estimate of drug-likeness (QED) is 0.566. The lowest BCUT2D eigenvalue weighted by Gasteiger charge is -2.20. The minimum absolute atomic E-state index is 0. The van der Waals surface area contributed by atoms with Crippen molar-refractivity contribution < 1.29 is 0 Å². The number of nitrogens with one attached hydrogen (secondary N) is 1. The summed E-state index contributed by atoms with van der Waals surface area (Å²) in [6.07, 6.45) is 0.872. The SMILES string of the molecule is CCN(CCc1ccccc1)C(=N)N=C(N)N.Cl. The highest BCUT2D eigenvalue weighted by molar-refractivity contribution is 5.91. The molecule has 0 atom stereocenters. The molecule has 5 N–H and O–H groups in total. The lowest BCUT2D eigenvalue weighted by Crippen LogP contribution is -2.34. The van der Waals surface area contributed by atoms with Gasteiger partial charge in [-0.15, -0.1) is 12.4 Å². The van der Waals surface area contributed by atoms with Gasteiger partial charge in [0.05, 0.1) is 0 Å². The Morgan fingerprint density at radius 2 is 1.89 bits per heavy atom. The summed E-state index contributed by atoms with van der Waals surface area (Å²) in [6, 6.07) is 10.1. The topological polar surface area (TPSA) is 91.5 Å². The van der Waals surface area contributed by atoms with Gasteiger partial charge >= 0.3 is 0 Å². The van der Waals surface area contributed by atoms with Crippen LogP contribution in [-0.4, -0.2) is 29.9 Å². The second-order valence-corrected chi connectivity index (χ2v) is 3.68. The number of benzene rings is 1. The Morgan fingerprint density at radius 3 is 2.39 bits per heavy atom. The molecule has 0 radical (unpaired) electrons. The van der Waals surface area contributed by atoms with E-state index in [0.717, 1.165) is 13.0 Å². The summed E-state index contributed by atoms with van der Waals surface area (Å²) in [5.41, 5.74) is 11.7. The summed E-state index contributed by atoms with van der Waals surface area (Å²) in [5, 5.41) is 7.72. The van der Waals surface area contributed by atoms with E-state index in [1.165, 1.54) is 5.56 Å². The summed E-state index contributed by atoms with van der Waals surface area (Å²) in [7, 11) is 0. The first-order chi connectivity index (χ1) is 8.13. The lowest BCUT2D eigenvalue weighted by atomic mass is 10.1. The average molecular weight is 270 g/mol. The fourth-order valence-corrected chi connectivity index (χ4v) is 1.52. The van der Waals surface area contributed by atoms with Crippen LogP contribution in [0.25, 0.3) is 0 Å². The van der Waals surface area contributed by atoms with Gasteiger partial charge in [0.2, 0.25) is 5.96 Å². The van der Waals surface area contributed by atoms with E-state index in [0.29, 0.717) is 6.54 Å². The number of aliphatic imine (C=N–C) groups is 1. The molecular formula is C12H20ClN5. The fraction of sp³-hybridized carbons (Fsp3) is 0.333. The fourth-order valence-electron chi connectivity index (χ4n) is 1.52. The Labute approximate surface area is 114 Å². The zero-order chi connectivity index (χ0) is 12.7. The molecule has 0 aromatic heterocycles. The van der Waals surface area contributed by atoms with Crippen LogP contribution in [0.15, 0.2) is 35.3 Å². The summed E-state index contributed by atoms with van der Waals surface area (Å²) in [5.74, 6) is 0.0385. The van der Waals surface area contributed by atoms with Gasteiger partial charge in [-0.3, -0.25) is 5.41 Å². The summed E-state index contributed by atoms with van der Waals surface area (Å²) in [4.78, 5) is 5.57. The molecule has 0 unspecified atom stereocenters. The number of nitrogens with zero attached hydrogens (tertiary/aromatic N) is 2. The predicted octanol–water partition coefficient (Wildman–Crippen LogP) is 1.18. The Morgan fingerprint density at radius 1 is 1.28 bits per heavy atom. The normalized spacial score (nSPS) is 9.17. The number of nitrogens with two attached hydrogens (primary N) is 2. The monoisotopic (exact) mass is 269 g/mol. The van der Waals surface area contributed by atoms with Crippen molar-refractivity contribution in [2.24, 2.45) is 16.5 Å². The van der Waals surface area contributed by atoms with E-state index in [9.17, 15) is 0 Å². The second-order valence-electron chi connectivity index (χ2n) is 3.68. The molecule has 0 aliphatic carbocycles. The standard InChI is InChI=1S/C12H19N5.ClH/c1-2-17(12(15)16-11(13)14)9-8-10-6-4-3-5-7-10;/h3-7H,2,8-9H2,1H3,(H5,13,14,15,16);1H. The maximum absolute atomic E-state index is 7.72. The van der Waals surface area contributed by atoms with Crippen LogP contribution >= 0.6 is 12.4 Å². The highest BCUT2D eigenvalue weighted by Crippen LogP contribution is 2.02. The molecule has 6 heteroatoms. The number of guanidine groups is 2. The van der Waals surface area contributed by atoms with Crippen molar-refractivity contribution in [3.63, 3.8) is 0 Å². The second kappa shape index (κ2) is 8.36. The van der Waals surface area contributed by atoms with Crippen LogP contribution in [0.5, 0.6) is 0 Å². The van der Waals surface area contributed by atoms with Gasteiger partial charge in [-0.25, -0.2) is 0 Å². The highest BCUT2D eigenvalue weighted by atomic mass is 35.5. The molecule has 0 saturated heterocycles.